The standard InChI is InChI=1S/C27H30ClN5O2/c1-17(2)32-8-9-33(25-11-20(34-4)12-26(35-5)27(25)28)24-7-6-23-21(22(24)16-32)10-18(13-29-23)19-14-30-31(3)15-19/h6-7,10-15,17H,8-9,16H2,1-5H3. The molecule has 0 fully saturated rings. The molecule has 1 aliphatic rings. The summed E-state index contributed by atoms with van der Waals surface area (Å²) < 4.78 is 12.9. The molecule has 35 heavy (non-hydrogen) atoms. The number of benzene rings is 2. The molecule has 0 bridgehead atoms. The molecule has 8 heteroatoms. The van der Waals surface area contributed by atoms with Gasteiger partial charge < -0.3 is 14.4 Å². The van der Waals surface area contributed by atoms with Gasteiger partial charge in [0, 0.05) is 79.5 Å². The van der Waals surface area contributed by atoms with Gasteiger partial charge >= 0.3 is 0 Å². The van der Waals surface area contributed by atoms with Crippen LogP contribution in [0.25, 0.3) is 22.0 Å². The highest BCUT2D eigenvalue weighted by Crippen LogP contribution is 2.44. The van der Waals surface area contributed by atoms with Gasteiger partial charge in [-0.25, -0.2) is 0 Å². The highest BCUT2D eigenvalue weighted by atomic mass is 35.5. The SMILES string of the molecule is COc1cc(OC)c(Cl)c(N2CCN(C(C)C)Cc3c2ccc2ncc(-c4cnn(C)c4)cc32)c1. The van der Waals surface area contributed by atoms with E-state index in [1.807, 2.05) is 42.5 Å². The van der Waals surface area contributed by atoms with Crippen molar-refractivity contribution in [3.63, 3.8) is 0 Å². The second kappa shape index (κ2) is 9.40. The van der Waals surface area contributed by atoms with Crippen LogP contribution in [0.1, 0.15) is 19.4 Å². The predicted octanol–water partition coefficient (Wildman–Crippen LogP) is 5.67. The second-order valence-electron chi connectivity index (χ2n) is 9.14. The number of ether oxygens (including phenoxy) is 2. The maximum atomic E-state index is 6.86. The highest BCUT2D eigenvalue weighted by molar-refractivity contribution is 6.35. The van der Waals surface area contributed by atoms with Crippen molar-refractivity contribution in [2.75, 3.05) is 32.2 Å². The van der Waals surface area contributed by atoms with Crippen LogP contribution >= 0.6 is 11.6 Å². The van der Waals surface area contributed by atoms with Crippen LogP contribution in [0.5, 0.6) is 11.5 Å². The average Bonchev–Trinajstić information content (AvgIpc) is 3.19. The Morgan fingerprint density at radius 3 is 2.49 bits per heavy atom. The summed E-state index contributed by atoms with van der Waals surface area (Å²) in [6.45, 7) is 6.96. The molecular formula is C27H30ClN5O2. The molecule has 182 valence electrons. The Morgan fingerprint density at radius 2 is 1.80 bits per heavy atom. The lowest BCUT2D eigenvalue weighted by Gasteiger charge is -2.28. The van der Waals surface area contributed by atoms with Crippen LogP contribution < -0.4 is 14.4 Å². The van der Waals surface area contributed by atoms with Gasteiger partial charge in [-0.3, -0.25) is 14.6 Å². The first-order chi connectivity index (χ1) is 16.9. The van der Waals surface area contributed by atoms with Gasteiger partial charge in [-0.2, -0.15) is 5.10 Å². The average molecular weight is 492 g/mol. The smallest absolute Gasteiger partial charge is 0.143 e. The summed E-state index contributed by atoms with van der Waals surface area (Å²) in [4.78, 5) is 9.57. The highest BCUT2D eigenvalue weighted by Gasteiger charge is 2.27. The van der Waals surface area contributed by atoms with E-state index in [1.165, 1.54) is 5.56 Å². The van der Waals surface area contributed by atoms with Gasteiger partial charge in [-0.15, -0.1) is 0 Å². The van der Waals surface area contributed by atoms with E-state index in [-0.39, 0.29) is 0 Å². The molecule has 3 heterocycles. The molecule has 2 aromatic carbocycles. The lowest BCUT2D eigenvalue weighted by atomic mass is 10.0. The normalized spacial score (nSPS) is 14.3. The van der Waals surface area contributed by atoms with Gasteiger partial charge in [0.05, 0.1) is 31.6 Å². The van der Waals surface area contributed by atoms with Gasteiger partial charge in [0.15, 0.2) is 0 Å². The molecule has 0 atom stereocenters. The molecule has 5 rings (SSSR count). The predicted molar refractivity (Wildman–Crippen MR) is 141 cm³/mol. The van der Waals surface area contributed by atoms with E-state index in [2.05, 4.69) is 46.9 Å². The van der Waals surface area contributed by atoms with Crippen molar-refractivity contribution in [3.05, 3.63) is 59.5 Å². The number of aryl methyl sites for hydroxylation is 1. The van der Waals surface area contributed by atoms with Crippen molar-refractivity contribution in [1.82, 2.24) is 19.7 Å². The molecule has 4 aromatic rings. The first-order valence-electron chi connectivity index (χ1n) is 11.7. The summed E-state index contributed by atoms with van der Waals surface area (Å²) >= 11 is 6.86. The van der Waals surface area contributed by atoms with Crippen molar-refractivity contribution >= 4 is 33.9 Å². The van der Waals surface area contributed by atoms with E-state index in [4.69, 9.17) is 26.1 Å². The third-order valence-corrected chi connectivity index (χ3v) is 7.10. The first-order valence-corrected chi connectivity index (χ1v) is 12.1. The van der Waals surface area contributed by atoms with Gasteiger partial charge in [-0.1, -0.05) is 11.6 Å². The molecule has 0 unspecified atom stereocenters. The molecule has 0 saturated carbocycles. The minimum absolute atomic E-state index is 0.392. The van der Waals surface area contributed by atoms with Crippen molar-refractivity contribution in [2.45, 2.75) is 26.4 Å². The van der Waals surface area contributed by atoms with Crippen LogP contribution in [0.2, 0.25) is 5.02 Å². The number of hydrogen-bond donors (Lipinski definition) is 0. The molecule has 0 saturated heterocycles. The summed E-state index contributed by atoms with van der Waals surface area (Å²) in [6.07, 6.45) is 5.81. The fraction of sp³-hybridized carbons (Fsp3) is 0.333. The maximum Gasteiger partial charge on any atom is 0.143 e. The van der Waals surface area contributed by atoms with E-state index >= 15 is 0 Å². The molecule has 1 aliphatic heterocycles. The van der Waals surface area contributed by atoms with E-state index in [9.17, 15) is 0 Å². The fourth-order valence-corrected chi connectivity index (χ4v) is 5.03. The van der Waals surface area contributed by atoms with Crippen LogP contribution in [-0.4, -0.2) is 53.0 Å². The summed E-state index contributed by atoms with van der Waals surface area (Å²) in [5, 5.41) is 6.04. The van der Waals surface area contributed by atoms with E-state index in [1.54, 1.807) is 14.2 Å². The number of fused-ring (bicyclic) bond motifs is 3. The van der Waals surface area contributed by atoms with Gasteiger partial charge in [0.25, 0.3) is 0 Å². The van der Waals surface area contributed by atoms with Crippen LogP contribution in [0, 0.1) is 0 Å². The fourth-order valence-electron chi connectivity index (χ4n) is 4.74. The van der Waals surface area contributed by atoms with Crippen LogP contribution in [0.3, 0.4) is 0 Å². The van der Waals surface area contributed by atoms with Crippen molar-refractivity contribution in [2.24, 2.45) is 7.05 Å². The van der Waals surface area contributed by atoms with Crippen molar-refractivity contribution in [3.8, 4) is 22.6 Å². The molecule has 0 amide bonds. The van der Waals surface area contributed by atoms with E-state index in [0.29, 0.717) is 22.6 Å². The summed E-state index contributed by atoms with van der Waals surface area (Å²) in [7, 11) is 5.21. The minimum atomic E-state index is 0.392. The largest absolute Gasteiger partial charge is 0.497 e. The quantitative estimate of drug-likeness (QED) is 0.358. The number of nitrogens with zero attached hydrogens (tertiary/aromatic N) is 5. The zero-order chi connectivity index (χ0) is 24.7. The Balaban J connectivity index is 1.73. The van der Waals surface area contributed by atoms with Crippen molar-refractivity contribution in [1.29, 1.82) is 0 Å². The molecule has 0 spiro atoms. The molecule has 0 radical (unpaired) electrons. The number of halogens is 1. The first kappa shape index (κ1) is 23.5. The van der Waals surface area contributed by atoms with Gasteiger partial charge in [0.1, 0.15) is 16.5 Å². The van der Waals surface area contributed by atoms with Gasteiger partial charge in [0.2, 0.25) is 0 Å². The van der Waals surface area contributed by atoms with E-state index < -0.39 is 0 Å². The molecule has 2 aromatic heterocycles. The summed E-state index contributed by atoms with van der Waals surface area (Å²) in [6, 6.07) is 10.7. The number of anilines is 2. The monoisotopic (exact) mass is 491 g/mol. The third-order valence-electron chi connectivity index (χ3n) is 6.72. The maximum absolute atomic E-state index is 6.86. The molecule has 7 nitrogen and oxygen atoms in total. The Kier molecular flexibility index (Phi) is 6.30. The summed E-state index contributed by atoms with van der Waals surface area (Å²) in [5.74, 6) is 1.29. The van der Waals surface area contributed by atoms with Crippen LogP contribution in [0.4, 0.5) is 11.4 Å². The van der Waals surface area contributed by atoms with Gasteiger partial charge in [-0.05, 0) is 37.6 Å². The Labute approximate surface area is 210 Å². The molecular weight excluding hydrogens is 462 g/mol. The number of aromatic nitrogens is 3. The topological polar surface area (TPSA) is 55.7 Å². The zero-order valence-electron chi connectivity index (χ0n) is 20.7. The number of methoxy groups -OCH3 is 2. The van der Waals surface area contributed by atoms with Crippen molar-refractivity contribution < 1.29 is 9.47 Å². The number of rotatable bonds is 5. The molecule has 0 aliphatic carbocycles. The Bertz CT molecular complexity index is 1380. The minimum Gasteiger partial charge on any atom is -0.497 e. The number of pyridine rings is 1. The molecule has 0 N–H and O–H groups in total. The Hall–Kier alpha value is -3.29. The zero-order valence-corrected chi connectivity index (χ0v) is 21.5. The second-order valence-corrected chi connectivity index (χ2v) is 9.51. The van der Waals surface area contributed by atoms with Crippen LogP contribution in [-0.2, 0) is 13.6 Å². The summed E-state index contributed by atoms with van der Waals surface area (Å²) in [5.41, 5.74) is 6.27. The third kappa shape index (κ3) is 4.30. The lowest BCUT2D eigenvalue weighted by Crippen LogP contribution is -2.34. The van der Waals surface area contributed by atoms with Crippen LogP contribution in [0.15, 0.2) is 48.9 Å². The van der Waals surface area contributed by atoms with E-state index in [0.717, 1.165) is 53.0 Å². The number of hydrogen-bond acceptors (Lipinski definition) is 6. The Morgan fingerprint density at radius 1 is 0.971 bits per heavy atom. The lowest BCUT2D eigenvalue weighted by molar-refractivity contribution is 0.224.